The van der Waals surface area contributed by atoms with Crippen LogP contribution in [0.15, 0.2) is 62.8 Å². The number of amides is 3. The Morgan fingerprint density at radius 2 is 1.96 bits per heavy atom. The third-order valence-electron chi connectivity index (χ3n) is 3.88. The van der Waals surface area contributed by atoms with E-state index in [1.165, 1.54) is 11.8 Å². The molecule has 2 N–H and O–H groups in total. The Labute approximate surface area is 166 Å². The normalized spacial score (nSPS) is 11.8. The molecule has 0 fully saturated rings. The van der Waals surface area contributed by atoms with E-state index in [9.17, 15) is 9.59 Å². The maximum absolute atomic E-state index is 11.9. The number of thioether (sulfide) groups is 1. The van der Waals surface area contributed by atoms with Gasteiger partial charge in [0.2, 0.25) is 11.8 Å². The van der Waals surface area contributed by atoms with Crippen LogP contribution in [0, 0.1) is 0 Å². The van der Waals surface area contributed by atoms with E-state index >= 15 is 0 Å². The number of benzene rings is 1. The lowest BCUT2D eigenvalue weighted by molar-refractivity contribution is -0.117. The summed E-state index contributed by atoms with van der Waals surface area (Å²) in [6.07, 6.45) is 2.12. The number of nitrogens with one attached hydrogen (secondary N) is 2. The van der Waals surface area contributed by atoms with Crippen LogP contribution in [0.3, 0.4) is 0 Å². The van der Waals surface area contributed by atoms with Crippen molar-refractivity contribution in [3.05, 3.63) is 65.9 Å². The minimum absolute atomic E-state index is 0.00988. The summed E-state index contributed by atoms with van der Waals surface area (Å²) < 4.78 is 10.7. The minimum Gasteiger partial charge on any atom is -0.467 e. The van der Waals surface area contributed by atoms with Crippen molar-refractivity contribution in [2.24, 2.45) is 0 Å². The Morgan fingerprint density at radius 3 is 2.71 bits per heavy atom. The van der Waals surface area contributed by atoms with Gasteiger partial charge in [0, 0.05) is 6.42 Å². The van der Waals surface area contributed by atoms with Crippen molar-refractivity contribution in [2.75, 3.05) is 5.75 Å². The van der Waals surface area contributed by atoms with Crippen molar-refractivity contribution >= 4 is 23.7 Å². The largest absolute Gasteiger partial charge is 0.467 e. The highest BCUT2D eigenvalue weighted by Crippen LogP contribution is 2.22. The van der Waals surface area contributed by atoms with E-state index in [2.05, 4.69) is 39.9 Å². The molecule has 0 aliphatic carbocycles. The van der Waals surface area contributed by atoms with E-state index in [1.54, 1.807) is 12.1 Å². The summed E-state index contributed by atoms with van der Waals surface area (Å²) in [6.45, 7) is 2.28. The Kier molecular flexibility index (Phi) is 6.85. The maximum Gasteiger partial charge on any atom is 0.321 e. The molecule has 0 spiro atoms. The molecule has 0 bridgehead atoms. The van der Waals surface area contributed by atoms with E-state index in [4.69, 9.17) is 8.83 Å². The number of imide groups is 1. The van der Waals surface area contributed by atoms with Gasteiger partial charge in [-0.25, -0.2) is 4.79 Å². The molecule has 0 saturated carbocycles. The van der Waals surface area contributed by atoms with E-state index < -0.39 is 11.9 Å². The van der Waals surface area contributed by atoms with Crippen LogP contribution in [0.25, 0.3) is 0 Å². The summed E-state index contributed by atoms with van der Waals surface area (Å²) in [5, 5.41) is 13.0. The van der Waals surface area contributed by atoms with Gasteiger partial charge in [0.15, 0.2) is 0 Å². The first-order chi connectivity index (χ1) is 13.6. The molecule has 2 heterocycles. The molecule has 3 rings (SSSR count). The summed E-state index contributed by atoms with van der Waals surface area (Å²) in [6, 6.07) is 12.9. The number of urea groups is 1. The highest BCUT2D eigenvalue weighted by atomic mass is 32.2. The minimum atomic E-state index is -0.593. The second-order valence-corrected chi connectivity index (χ2v) is 7.00. The standard InChI is InChI=1S/C19H20N4O4S/c1-13(14-6-3-2-4-7-14)10-17-22-23-19(27-17)28-12-16(24)21-18(25)20-11-15-8-5-9-26-15/h2-9,13H,10-12H2,1H3,(H2,20,21,24,25). The van der Waals surface area contributed by atoms with E-state index in [1.807, 2.05) is 18.2 Å². The van der Waals surface area contributed by atoms with Crippen LogP contribution in [0.5, 0.6) is 0 Å². The molecule has 1 aromatic carbocycles. The first-order valence-electron chi connectivity index (χ1n) is 8.70. The predicted octanol–water partition coefficient (Wildman–Crippen LogP) is 3.13. The molecule has 0 saturated heterocycles. The molecule has 9 heteroatoms. The van der Waals surface area contributed by atoms with Crippen LogP contribution in [0.4, 0.5) is 4.79 Å². The predicted molar refractivity (Wildman–Crippen MR) is 103 cm³/mol. The zero-order chi connectivity index (χ0) is 19.8. The van der Waals surface area contributed by atoms with Gasteiger partial charge >= 0.3 is 6.03 Å². The van der Waals surface area contributed by atoms with Gasteiger partial charge in [-0.1, -0.05) is 49.0 Å². The number of hydrogen-bond acceptors (Lipinski definition) is 7. The van der Waals surface area contributed by atoms with Crippen molar-refractivity contribution in [3.63, 3.8) is 0 Å². The Morgan fingerprint density at radius 1 is 1.14 bits per heavy atom. The molecule has 1 atom stereocenters. The van der Waals surface area contributed by atoms with Crippen molar-refractivity contribution in [3.8, 4) is 0 Å². The van der Waals surface area contributed by atoms with Crippen LogP contribution in [0.2, 0.25) is 0 Å². The molecule has 3 amide bonds. The highest BCUT2D eigenvalue weighted by molar-refractivity contribution is 7.99. The molecule has 1 unspecified atom stereocenters. The maximum atomic E-state index is 11.9. The Bertz CT molecular complexity index is 896. The molecule has 8 nitrogen and oxygen atoms in total. The lowest BCUT2D eigenvalue weighted by atomic mass is 9.98. The quantitative estimate of drug-likeness (QED) is 0.559. The average Bonchev–Trinajstić information content (AvgIpc) is 3.37. The summed E-state index contributed by atoms with van der Waals surface area (Å²) >= 11 is 1.08. The molecule has 3 aromatic rings. The van der Waals surface area contributed by atoms with Crippen molar-refractivity contribution in [1.82, 2.24) is 20.8 Å². The van der Waals surface area contributed by atoms with Gasteiger partial charge in [0.25, 0.3) is 5.22 Å². The van der Waals surface area contributed by atoms with Crippen molar-refractivity contribution < 1.29 is 18.4 Å². The second-order valence-electron chi connectivity index (χ2n) is 6.08. The molecular formula is C19H20N4O4S. The topological polar surface area (TPSA) is 110 Å². The fraction of sp³-hybridized carbons (Fsp3) is 0.263. The lowest BCUT2D eigenvalue weighted by Gasteiger charge is -2.08. The molecule has 0 aliphatic rings. The smallest absolute Gasteiger partial charge is 0.321 e. The monoisotopic (exact) mass is 400 g/mol. The molecule has 2 aromatic heterocycles. The van der Waals surface area contributed by atoms with Crippen LogP contribution in [-0.4, -0.2) is 27.9 Å². The summed E-state index contributed by atoms with van der Waals surface area (Å²) in [5.74, 6) is 0.875. The number of carbonyl (C=O) groups is 2. The van der Waals surface area contributed by atoms with Gasteiger partial charge in [0.1, 0.15) is 5.76 Å². The first kappa shape index (κ1) is 19.7. The summed E-state index contributed by atoms with van der Waals surface area (Å²) in [5.41, 5.74) is 1.19. The first-order valence-corrected chi connectivity index (χ1v) is 9.69. The number of rotatable bonds is 8. The van der Waals surface area contributed by atoms with Crippen LogP contribution in [0.1, 0.15) is 30.1 Å². The summed E-state index contributed by atoms with van der Waals surface area (Å²) in [4.78, 5) is 23.5. The Balaban J connectivity index is 1.40. The van der Waals surface area contributed by atoms with Crippen LogP contribution >= 0.6 is 11.8 Å². The van der Waals surface area contributed by atoms with Gasteiger partial charge in [0.05, 0.1) is 18.6 Å². The molecule has 0 radical (unpaired) electrons. The van der Waals surface area contributed by atoms with E-state index in [0.29, 0.717) is 23.3 Å². The Hall–Kier alpha value is -3.07. The molecule has 28 heavy (non-hydrogen) atoms. The van der Waals surface area contributed by atoms with E-state index in [-0.39, 0.29) is 18.2 Å². The fourth-order valence-electron chi connectivity index (χ4n) is 2.46. The zero-order valence-corrected chi connectivity index (χ0v) is 16.1. The fourth-order valence-corrected chi connectivity index (χ4v) is 3.04. The molecular weight excluding hydrogens is 380 g/mol. The zero-order valence-electron chi connectivity index (χ0n) is 15.3. The van der Waals surface area contributed by atoms with Gasteiger partial charge in [-0.3, -0.25) is 10.1 Å². The second kappa shape index (κ2) is 9.75. The van der Waals surface area contributed by atoms with Gasteiger partial charge in [-0.05, 0) is 23.6 Å². The highest BCUT2D eigenvalue weighted by Gasteiger charge is 2.14. The molecule has 146 valence electrons. The van der Waals surface area contributed by atoms with Gasteiger partial charge < -0.3 is 14.2 Å². The average molecular weight is 400 g/mol. The number of nitrogens with zero attached hydrogens (tertiary/aromatic N) is 2. The van der Waals surface area contributed by atoms with Crippen molar-refractivity contribution in [1.29, 1.82) is 0 Å². The lowest BCUT2D eigenvalue weighted by Crippen LogP contribution is -2.39. The third-order valence-corrected chi connectivity index (χ3v) is 4.70. The van der Waals surface area contributed by atoms with Crippen LogP contribution in [-0.2, 0) is 17.8 Å². The molecule has 0 aliphatic heterocycles. The van der Waals surface area contributed by atoms with E-state index in [0.717, 1.165) is 11.8 Å². The SMILES string of the molecule is CC(Cc1nnc(SCC(=O)NC(=O)NCc2ccco2)o1)c1ccccc1. The number of aromatic nitrogens is 2. The number of carbonyl (C=O) groups excluding carboxylic acids is 2. The summed E-state index contributed by atoms with van der Waals surface area (Å²) in [7, 11) is 0. The van der Waals surface area contributed by atoms with Gasteiger partial charge in [-0.2, -0.15) is 0 Å². The van der Waals surface area contributed by atoms with Crippen molar-refractivity contribution in [2.45, 2.75) is 31.0 Å². The third kappa shape index (κ3) is 5.98. The number of hydrogen-bond donors (Lipinski definition) is 2. The number of furan rings is 1. The van der Waals surface area contributed by atoms with Crippen LogP contribution < -0.4 is 10.6 Å². The van der Waals surface area contributed by atoms with Gasteiger partial charge in [-0.15, -0.1) is 10.2 Å².